The second kappa shape index (κ2) is 11.6. The van der Waals surface area contributed by atoms with Crippen molar-refractivity contribution in [2.24, 2.45) is 0 Å². The summed E-state index contributed by atoms with van der Waals surface area (Å²) in [5.41, 5.74) is 3.43. The Labute approximate surface area is 236 Å². The van der Waals surface area contributed by atoms with Crippen molar-refractivity contribution in [2.75, 3.05) is 25.1 Å². The molecule has 5 aromatic rings. The van der Waals surface area contributed by atoms with Crippen molar-refractivity contribution in [1.29, 1.82) is 0 Å². The van der Waals surface area contributed by atoms with E-state index in [1.54, 1.807) is 12.1 Å². The van der Waals surface area contributed by atoms with Gasteiger partial charge in [-0.25, -0.2) is 0 Å². The van der Waals surface area contributed by atoms with Crippen LogP contribution in [0.1, 0.15) is 5.56 Å². The molecule has 4 aromatic carbocycles. The number of aliphatic hydroxyl groups is 1. The van der Waals surface area contributed by atoms with Crippen LogP contribution in [0.5, 0.6) is 5.75 Å². The van der Waals surface area contributed by atoms with Gasteiger partial charge in [-0.15, -0.1) is 0 Å². The molecule has 0 fully saturated rings. The van der Waals surface area contributed by atoms with Crippen molar-refractivity contribution in [2.45, 2.75) is 12.6 Å². The summed E-state index contributed by atoms with van der Waals surface area (Å²) >= 11 is 18.5. The van der Waals surface area contributed by atoms with E-state index < -0.39 is 6.10 Å². The number of halogens is 2. The monoisotopic (exact) mass is 564 g/mol. The summed E-state index contributed by atoms with van der Waals surface area (Å²) in [5, 5.41) is 14.4. The molecule has 0 aliphatic heterocycles. The Hall–Kier alpha value is -3.29. The highest BCUT2D eigenvalue weighted by atomic mass is 35.5. The zero-order valence-corrected chi connectivity index (χ0v) is 23.0. The number of para-hydroxylation sites is 1. The average Bonchev–Trinajstić information content (AvgIpc) is 3.29. The molecule has 0 saturated carbocycles. The average molecular weight is 566 g/mol. The Morgan fingerprint density at radius 1 is 0.921 bits per heavy atom. The molecule has 1 aromatic heterocycles. The van der Waals surface area contributed by atoms with Crippen LogP contribution in [0.25, 0.3) is 21.9 Å². The molecule has 0 bridgehead atoms. The van der Waals surface area contributed by atoms with Gasteiger partial charge in [-0.1, -0.05) is 71.7 Å². The largest absolute Gasteiger partial charge is 0.491 e. The highest BCUT2D eigenvalue weighted by Crippen LogP contribution is 2.32. The summed E-state index contributed by atoms with van der Waals surface area (Å²) in [6.07, 6.45) is -0.783. The third-order valence-corrected chi connectivity index (χ3v) is 7.29. The number of anilines is 1. The zero-order chi connectivity index (χ0) is 26.6. The molecule has 0 saturated heterocycles. The van der Waals surface area contributed by atoms with Gasteiger partial charge < -0.3 is 24.1 Å². The fourth-order valence-electron chi connectivity index (χ4n) is 4.36. The number of furan rings is 1. The fourth-order valence-corrected chi connectivity index (χ4v) is 5.11. The van der Waals surface area contributed by atoms with Crippen LogP contribution in [0.4, 0.5) is 5.69 Å². The van der Waals surface area contributed by atoms with Gasteiger partial charge in [0.05, 0.1) is 17.3 Å². The Balaban J connectivity index is 1.27. The lowest BCUT2D eigenvalue weighted by molar-refractivity contribution is 0.0916. The lowest BCUT2D eigenvalue weighted by atomic mass is 10.1. The molecule has 0 unspecified atom stereocenters. The third kappa shape index (κ3) is 5.89. The molecule has 38 heavy (non-hydrogen) atoms. The first kappa shape index (κ1) is 26.3. The van der Waals surface area contributed by atoms with E-state index in [1.807, 2.05) is 95.7 Å². The van der Waals surface area contributed by atoms with Crippen molar-refractivity contribution < 1.29 is 14.3 Å². The molecular formula is C30H26Cl2N2O3S. The van der Waals surface area contributed by atoms with Crippen molar-refractivity contribution >= 4 is 68.2 Å². The van der Waals surface area contributed by atoms with Crippen molar-refractivity contribution in [3.8, 4) is 5.75 Å². The first-order valence-electron chi connectivity index (χ1n) is 12.1. The zero-order valence-electron chi connectivity index (χ0n) is 20.7. The highest BCUT2D eigenvalue weighted by Gasteiger charge is 2.21. The van der Waals surface area contributed by atoms with Crippen LogP contribution >= 0.6 is 35.4 Å². The Morgan fingerprint density at radius 3 is 2.45 bits per heavy atom. The van der Waals surface area contributed by atoms with Gasteiger partial charge in [-0.05, 0) is 60.2 Å². The van der Waals surface area contributed by atoms with Gasteiger partial charge >= 0.3 is 0 Å². The second-order valence-corrected chi connectivity index (χ2v) is 10.3. The van der Waals surface area contributed by atoms with Gasteiger partial charge in [0.25, 0.3) is 0 Å². The number of aliphatic hydroxyl groups excluding tert-OH is 1. The predicted molar refractivity (Wildman–Crippen MR) is 160 cm³/mol. The molecule has 1 N–H and O–H groups in total. The molecule has 1 atom stereocenters. The number of hydrogen-bond donors (Lipinski definition) is 1. The molecular weight excluding hydrogens is 539 g/mol. The van der Waals surface area contributed by atoms with Crippen LogP contribution in [-0.4, -0.2) is 41.4 Å². The maximum absolute atomic E-state index is 10.8. The van der Waals surface area contributed by atoms with E-state index in [0.717, 1.165) is 33.2 Å². The van der Waals surface area contributed by atoms with Gasteiger partial charge in [-0.3, -0.25) is 0 Å². The Morgan fingerprint density at radius 2 is 1.66 bits per heavy atom. The van der Waals surface area contributed by atoms with Gasteiger partial charge in [0.1, 0.15) is 29.6 Å². The number of thiocarbonyl (C=S) groups is 1. The number of ether oxygens (including phenoxy) is 1. The molecule has 0 spiro atoms. The van der Waals surface area contributed by atoms with E-state index in [0.29, 0.717) is 27.5 Å². The van der Waals surface area contributed by atoms with Gasteiger partial charge in [0, 0.05) is 29.4 Å². The molecule has 1 heterocycles. The SMILES string of the molecule is CN(C[C@@H](O)COc1ccc2oc3ccccc3c2c1)C(=S)N(Cc1ccccc1)c1ccc(Cl)cc1Cl. The Kier molecular flexibility index (Phi) is 8.05. The van der Waals surface area contributed by atoms with E-state index in [4.69, 9.17) is 44.6 Å². The van der Waals surface area contributed by atoms with Crippen LogP contribution in [0, 0.1) is 0 Å². The van der Waals surface area contributed by atoms with E-state index >= 15 is 0 Å². The lowest BCUT2D eigenvalue weighted by Crippen LogP contribution is -2.45. The van der Waals surface area contributed by atoms with E-state index in [-0.39, 0.29) is 13.2 Å². The standard InChI is InChI=1S/C30H26Cl2N2O3S/c1-33(30(38)34(17-20-7-3-2-4-8-20)27-13-11-21(31)15-26(27)32)18-22(35)19-36-23-12-14-29-25(16-23)24-9-5-6-10-28(24)37-29/h2-16,22,35H,17-19H2,1H3/t22-/m1/s1. The van der Waals surface area contributed by atoms with E-state index in [9.17, 15) is 5.11 Å². The number of nitrogens with zero attached hydrogens (tertiary/aromatic N) is 2. The number of likely N-dealkylation sites (N-methyl/N-ethyl adjacent to an activating group) is 1. The molecule has 5 rings (SSSR count). The summed E-state index contributed by atoms with van der Waals surface area (Å²) in [6, 6.07) is 28.9. The topological polar surface area (TPSA) is 49.1 Å². The minimum absolute atomic E-state index is 0.106. The van der Waals surface area contributed by atoms with Gasteiger partial charge in [-0.2, -0.15) is 0 Å². The van der Waals surface area contributed by atoms with Crippen LogP contribution in [0.15, 0.2) is 95.4 Å². The number of benzene rings is 4. The fraction of sp³-hybridized carbons (Fsp3) is 0.167. The van der Waals surface area contributed by atoms with Crippen LogP contribution in [0.2, 0.25) is 10.0 Å². The van der Waals surface area contributed by atoms with E-state index in [1.165, 1.54) is 0 Å². The lowest BCUT2D eigenvalue weighted by Gasteiger charge is -2.33. The van der Waals surface area contributed by atoms with Crippen LogP contribution in [0.3, 0.4) is 0 Å². The highest BCUT2D eigenvalue weighted by molar-refractivity contribution is 7.80. The maximum Gasteiger partial charge on any atom is 0.176 e. The third-order valence-electron chi connectivity index (χ3n) is 6.22. The van der Waals surface area contributed by atoms with Crippen LogP contribution in [-0.2, 0) is 6.54 Å². The maximum atomic E-state index is 10.8. The molecule has 0 amide bonds. The minimum Gasteiger partial charge on any atom is -0.491 e. The first-order chi connectivity index (χ1) is 18.4. The molecule has 0 radical (unpaired) electrons. The van der Waals surface area contributed by atoms with Crippen molar-refractivity contribution in [3.63, 3.8) is 0 Å². The van der Waals surface area contributed by atoms with Crippen molar-refractivity contribution in [1.82, 2.24) is 4.90 Å². The molecule has 0 aliphatic carbocycles. The number of hydrogen-bond acceptors (Lipinski definition) is 4. The quantitative estimate of drug-likeness (QED) is 0.196. The molecule has 0 aliphatic rings. The number of rotatable bonds is 8. The summed E-state index contributed by atoms with van der Waals surface area (Å²) in [7, 11) is 1.84. The molecule has 5 nitrogen and oxygen atoms in total. The number of fused-ring (bicyclic) bond motifs is 3. The smallest absolute Gasteiger partial charge is 0.176 e. The Bertz CT molecular complexity index is 1570. The second-order valence-electron chi connectivity index (χ2n) is 9.05. The minimum atomic E-state index is -0.783. The first-order valence-corrected chi connectivity index (χ1v) is 13.3. The molecule has 194 valence electrons. The molecule has 8 heteroatoms. The van der Waals surface area contributed by atoms with Gasteiger partial charge in [0.15, 0.2) is 5.11 Å². The summed E-state index contributed by atoms with van der Waals surface area (Å²) in [6.45, 7) is 0.886. The normalized spacial score (nSPS) is 12.0. The van der Waals surface area contributed by atoms with Gasteiger partial charge in [0.2, 0.25) is 0 Å². The van der Waals surface area contributed by atoms with Crippen LogP contribution < -0.4 is 9.64 Å². The van der Waals surface area contributed by atoms with Crippen molar-refractivity contribution in [3.05, 3.63) is 107 Å². The van der Waals surface area contributed by atoms with E-state index in [2.05, 4.69) is 0 Å². The summed E-state index contributed by atoms with van der Waals surface area (Å²) < 4.78 is 11.8. The predicted octanol–water partition coefficient (Wildman–Crippen LogP) is 7.56. The summed E-state index contributed by atoms with van der Waals surface area (Å²) in [4.78, 5) is 3.76. The summed E-state index contributed by atoms with van der Waals surface area (Å²) in [5.74, 6) is 0.659.